The van der Waals surface area contributed by atoms with Gasteiger partial charge >= 0.3 is 7.12 Å². The Hall–Kier alpha value is -1.07. The average molecular weight is 238 g/mol. The van der Waals surface area contributed by atoms with Gasteiger partial charge in [0.25, 0.3) is 5.56 Å². The Balaban J connectivity index is 2.40. The number of hydrogen-bond donors (Lipinski definition) is 1. The van der Waals surface area contributed by atoms with Crippen LogP contribution < -0.4 is 11.0 Å². The number of rotatable bonds is 1. The predicted octanol–water partition coefficient (Wildman–Crippen LogP) is 0.983. The SMILES string of the molecule is [2H]C([2H])([2H])c1cc(B2OC(C)(C)C(C)(C)O2)c[nH]c1=O. The Morgan fingerprint density at radius 1 is 1.29 bits per heavy atom. The number of aromatic amines is 1. The van der Waals surface area contributed by atoms with Crippen molar-refractivity contribution in [1.82, 2.24) is 4.98 Å². The van der Waals surface area contributed by atoms with Crippen LogP contribution in [0.4, 0.5) is 0 Å². The molecule has 5 heteroatoms. The summed E-state index contributed by atoms with van der Waals surface area (Å²) < 4.78 is 33.8. The van der Waals surface area contributed by atoms with Crippen molar-refractivity contribution >= 4 is 12.6 Å². The van der Waals surface area contributed by atoms with Crippen LogP contribution in [0.1, 0.15) is 37.4 Å². The molecule has 0 aliphatic carbocycles. The van der Waals surface area contributed by atoms with Crippen molar-refractivity contribution < 1.29 is 13.4 Å². The minimum absolute atomic E-state index is 0.260. The van der Waals surface area contributed by atoms with E-state index in [9.17, 15) is 4.79 Å². The molecule has 1 aromatic rings. The van der Waals surface area contributed by atoms with Crippen LogP contribution in [0.3, 0.4) is 0 Å². The van der Waals surface area contributed by atoms with E-state index in [0.717, 1.165) is 0 Å². The number of nitrogens with one attached hydrogen (secondary N) is 1. The molecule has 0 spiro atoms. The zero-order chi connectivity index (χ0) is 15.3. The number of aromatic nitrogens is 1. The molecule has 17 heavy (non-hydrogen) atoms. The second-order valence-corrected chi connectivity index (χ2v) is 5.26. The van der Waals surface area contributed by atoms with Gasteiger partial charge in [-0.05, 0) is 40.0 Å². The molecule has 1 fully saturated rings. The molecular formula is C12H18BNO3. The first kappa shape index (κ1) is 8.94. The fraction of sp³-hybridized carbons (Fsp3) is 0.583. The van der Waals surface area contributed by atoms with Gasteiger partial charge in [0.2, 0.25) is 0 Å². The number of aryl methyl sites for hydroxylation is 1. The maximum atomic E-state index is 11.6. The van der Waals surface area contributed by atoms with E-state index >= 15 is 0 Å². The molecule has 0 amide bonds. The average Bonchev–Trinajstić information content (AvgIpc) is 2.47. The second-order valence-electron chi connectivity index (χ2n) is 5.26. The molecule has 4 nitrogen and oxygen atoms in total. The standard InChI is InChI=1S/C12H18BNO3/c1-8-6-9(7-14-10(8)15)13-16-11(2,3)12(4,5)17-13/h6-7H,1-5H3,(H,14,15)/i1D3. The highest BCUT2D eigenvalue weighted by Crippen LogP contribution is 2.36. The maximum Gasteiger partial charge on any atom is 0.496 e. The van der Waals surface area contributed by atoms with Crippen molar-refractivity contribution in [2.75, 3.05) is 0 Å². The molecule has 0 saturated carbocycles. The minimum atomic E-state index is -2.47. The molecule has 2 rings (SSSR count). The largest absolute Gasteiger partial charge is 0.496 e. The molecule has 2 heterocycles. The number of H-pyrrole nitrogens is 1. The first-order chi connectivity index (χ1) is 8.94. The van der Waals surface area contributed by atoms with Gasteiger partial charge in [-0.15, -0.1) is 0 Å². The lowest BCUT2D eigenvalue weighted by molar-refractivity contribution is 0.00578. The van der Waals surface area contributed by atoms with Crippen LogP contribution in [0.25, 0.3) is 0 Å². The van der Waals surface area contributed by atoms with Crippen LogP contribution in [-0.2, 0) is 9.31 Å². The lowest BCUT2D eigenvalue weighted by Gasteiger charge is -2.32. The normalized spacial score (nSPS) is 25.2. The third-order valence-corrected chi connectivity index (χ3v) is 3.45. The minimum Gasteiger partial charge on any atom is -0.399 e. The van der Waals surface area contributed by atoms with Crippen molar-refractivity contribution in [3.05, 3.63) is 28.2 Å². The van der Waals surface area contributed by atoms with Crippen molar-refractivity contribution in [3.63, 3.8) is 0 Å². The van der Waals surface area contributed by atoms with Gasteiger partial charge in [-0.3, -0.25) is 4.79 Å². The molecule has 1 aliphatic heterocycles. The van der Waals surface area contributed by atoms with Crippen molar-refractivity contribution in [3.8, 4) is 0 Å². The zero-order valence-electron chi connectivity index (χ0n) is 13.5. The van der Waals surface area contributed by atoms with E-state index in [1.807, 2.05) is 27.7 Å². The fourth-order valence-corrected chi connectivity index (χ4v) is 1.62. The third-order valence-electron chi connectivity index (χ3n) is 3.45. The van der Waals surface area contributed by atoms with Crippen molar-refractivity contribution in [2.45, 2.75) is 45.7 Å². The summed E-state index contributed by atoms with van der Waals surface area (Å²) in [7, 11) is -0.696. The van der Waals surface area contributed by atoms with E-state index < -0.39 is 30.7 Å². The number of pyridine rings is 1. The molecule has 1 saturated heterocycles. The fourth-order valence-electron chi connectivity index (χ4n) is 1.62. The first-order valence-corrected chi connectivity index (χ1v) is 5.53. The maximum absolute atomic E-state index is 11.6. The summed E-state index contributed by atoms with van der Waals surface area (Å²) in [5.41, 5.74) is -1.42. The van der Waals surface area contributed by atoms with E-state index in [-0.39, 0.29) is 5.56 Å². The molecule has 92 valence electrons. The molecule has 0 aromatic carbocycles. The summed E-state index contributed by atoms with van der Waals surface area (Å²) in [6, 6.07) is 1.33. The molecule has 0 atom stereocenters. The summed E-state index contributed by atoms with van der Waals surface area (Å²) in [6.45, 7) is 5.16. The van der Waals surface area contributed by atoms with Crippen LogP contribution >= 0.6 is 0 Å². The lowest BCUT2D eigenvalue weighted by atomic mass is 9.80. The van der Waals surface area contributed by atoms with Gasteiger partial charge in [0, 0.05) is 15.9 Å². The summed E-state index contributed by atoms with van der Waals surface area (Å²) in [4.78, 5) is 14.0. The second kappa shape index (κ2) is 3.72. The quantitative estimate of drug-likeness (QED) is 0.742. The molecule has 0 bridgehead atoms. The topological polar surface area (TPSA) is 51.3 Å². The van der Waals surface area contributed by atoms with Crippen LogP contribution in [0, 0.1) is 6.85 Å². The molecule has 1 aromatic heterocycles. The summed E-state index contributed by atoms with van der Waals surface area (Å²) >= 11 is 0. The highest BCUT2D eigenvalue weighted by atomic mass is 16.7. The third kappa shape index (κ3) is 2.05. The Morgan fingerprint density at radius 3 is 2.41 bits per heavy atom. The first-order valence-electron chi connectivity index (χ1n) is 7.03. The van der Waals surface area contributed by atoms with Gasteiger partial charge in [-0.2, -0.15) is 0 Å². The predicted molar refractivity (Wildman–Crippen MR) is 67.5 cm³/mol. The molecule has 1 aliphatic rings. The van der Waals surface area contributed by atoms with E-state index in [0.29, 0.717) is 5.46 Å². The van der Waals surface area contributed by atoms with Crippen molar-refractivity contribution in [2.24, 2.45) is 0 Å². The molecular weight excluding hydrogens is 217 g/mol. The van der Waals surface area contributed by atoms with E-state index in [2.05, 4.69) is 4.98 Å². The summed E-state index contributed by atoms with van der Waals surface area (Å²) in [5, 5.41) is 0. The van der Waals surface area contributed by atoms with Gasteiger partial charge < -0.3 is 14.3 Å². The van der Waals surface area contributed by atoms with Crippen molar-refractivity contribution in [1.29, 1.82) is 0 Å². The zero-order valence-corrected chi connectivity index (χ0v) is 10.5. The van der Waals surface area contributed by atoms with Gasteiger partial charge in [0.15, 0.2) is 0 Å². The Bertz CT molecular complexity index is 564. The molecule has 0 unspecified atom stereocenters. The van der Waals surface area contributed by atoms with E-state index in [1.165, 1.54) is 12.3 Å². The monoisotopic (exact) mass is 238 g/mol. The van der Waals surface area contributed by atoms with Gasteiger partial charge in [-0.1, -0.05) is 6.07 Å². The lowest BCUT2D eigenvalue weighted by Crippen LogP contribution is -2.41. The summed E-state index contributed by atoms with van der Waals surface area (Å²) in [5.74, 6) is 0. The van der Waals surface area contributed by atoms with Crippen LogP contribution in [0.15, 0.2) is 17.1 Å². The highest BCUT2D eigenvalue weighted by molar-refractivity contribution is 6.62. The van der Waals surface area contributed by atoms with E-state index in [1.54, 1.807) is 0 Å². The van der Waals surface area contributed by atoms with Gasteiger partial charge in [0.05, 0.1) is 11.2 Å². The van der Waals surface area contributed by atoms with Gasteiger partial charge in [-0.25, -0.2) is 0 Å². The van der Waals surface area contributed by atoms with Crippen LogP contribution in [0.5, 0.6) is 0 Å². The molecule has 0 radical (unpaired) electrons. The van der Waals surface area contributed by atoms with E-state index in [4.69, 9.17) is 13.4 Å². The highest BCUT2D eigenvalue weighted by Gasteiger charge is 2.51. The Labute approximate surface area is 106 Å². The Kier molecular flexibility index (Phi) is 1.96. The Morgan fingerprint density at radius 2 is 1.88 bits per heavy atom. The van der Waals surface area contributed by atoms with Gasteiger partial charge in [0.1, 0.15) is 0 Å². The smallest absolute Gasteiger partial charge is 0.399 e. The van der Waals surface area contributed by atoms with Crippen LogP contribution in [-0.4, -0.2) is 23.3 Å². The number of hydrogen-bond acceptors (Lipinski definition) is 3. The van der Waals surface area contributed by atoms with Crippen LogP contribution in [0.2, 0.25) is 0 Å². The summed E-state index contributed by atoms with van der Waals surface area (Å²) in [6.07, 6.45) is 1.43. The molecule has 1 N–H and O–H groups in total.